The minimum atomic E-state index is -0.408. The maximum atomic E-state index is 11.6. The smallest absolute Gasteiger partial charge is 0.305 e. The van der Waals surface area contributed by atoms with Crippen molar-refractivity contribution in [3.05, 3.63) is 36.5 Å². The van der Waals surface area contributed by atoms with Gasteiger partial charge in [-0.05, 0) is 25.3 Å². The highest BCUT2D eigenvalue weighted by molar-refractivity contribution is 5.89. The summed E-state index contributed by atoms with van der Waals surface area (Å²) in [7, 11) is 1.39. The number of hydrogen-bond donors (Lipinski definition) is 1. The van der Waals surface area contributed by atoms with Crippen molar-refractivity contribution in [3.63, 3.8) is 0 Å². The third-order valence-electron chi connectivity index (χ3n) is 3.15. The van der Waals surface area contributed by atoms with Gasteiger partial charge in [0.1, 0.15) is 0 Å². The summed E-state index contributed by atoms with van der Waals surface area (Å²) in [6, 6.07) is 0. The summed E-state index contributed by atoms with van der Waals surface area (Å²) in [6.45, 7) is 1.91. The molecule has 0 heterocycles. The Bertz CT molecular complexity index is 394. The normalized spacial score (nSPS) is 13.2. The molecule has 0 rings (SSSR count). The summed E-state index contributed by atoms with van der Waals surface area (Å²) < 4.78 is 4.56. The van der Waals surface area contributed by atoms with Crippen LogP contribution in [0.15, 0.2) is 36.5 Å². The number of hydrogen-bond acceptors (Lipinski definition) is 4. The maximum Gasteiger partial charge on any atom is 0.305 e. The van der Waals surface area contributed by atoms with Gasteiger partial charge in [-0.3, -0.25) is 9.59 Å². The molecule has 1 unspecified atom stereocenters. The summed E-state index contributed by atoms with van der Waals surface area (Å²) in [4.78, 5) is 22.5. The molecular weight excluding hydrogens is 280 g/mol. The number of aliphatic hydroxyl groups is 1. The first kappa shape index (κ1) is 20.3. The molecule has 1 N–H and O–H groups in total. The molecule has 22 heavy (non-hydrogen) atoms. The van der Waals surface area contributed by atoms with Crippen LogP contribution in [0.4, 0.5) is 0 Å². The minimum absolute atomic E-state index is 0.107. The zero-order valence-electron chi connectivity index (χ0n) is 13.7. The highest BCUT2D eigenvalue weighted by atomic mass is 16.5. The van der Waals surface area contributed by atoms with Gasteiger partial charge in [-0.15, -0.1) is 0 Å². The molecule has 0 aliphatic rings. The average molecular weight is 308 g/mol. The van der Waals surface area contributed by atoms with Crippen molar-refractivity contribution in [1.82, 2.24) is 0 Å². The zero-order chi connectivity index (χ0) is 16.6. The number of unbranched alkanes of at least 4 members (excludes halogenated alkanes) is 3. The Labute approximate surface area is 133 Å². The van der Waals surface area contributed by atoms with Gasteiger partial charge in [0.2, 0.25) is 0 Å². The fourth-order valence-corrected chi connectivity index (χ4v) is 1.73. The van der Waals surface area contributed by atoms with Crippen LogP contribution in [0.5, 0.6) is 0 Å². The Morgan fingerprint density at radius 2 is 1.64 bits per heavy atom. The van der Waals surface area contributed by atoms with Crippen LogP contribution in [0.3, 0.4) is 0 Å². The first-order valence-corrected chi connectivity index (χ1v) is 7.89. The molecule has 1 atom stereocenters. The third-order valence-corrected chi connectivity index (χ3v) is 3.15. The molecule has 0 saturated carbocycles. The van der Waals surface area contributed by atoms with Crippen LogP contribution in [0, 0.1) is 0 Å². The standard InChI is InChI=1S/C18H28O4/c1-3-16(19)12-8-4-5-9-13-17(20)14-10-6-7-11-15-18(21)22-2/h4-5,8-9,12-13,16,19H,3,6-7,10-11,14-15H2,1-2H3. The van der Waals surface area contributed by atoms with Crippen molar-refractivity contribution >= 4 is 11.8 Å². The average Bonchev–Trinajstić information content (AvgIpc) is 2.53. The number of esters is 1. The predicted molar refractivity (Wildman–Crippen MR) is 88.4 cm³/mol. The Kier molecular flexibility index (Phi) is 13.2. The molecule has 124 valence electrons. The number of ether oxygens (including phenoxy) is 1. The van der Waals surface area contributed by atoms with Crippen LogP contribution in [0.25, 0.3) is 0 Å². The molecule has 0 aromatic carbocycles. The quantitative estimate of drug-likeness (QED) is 0.259. The van der Waals surface area contributed by atoms with Crippen molar-refractivity contribution in [2.45, 2.75) is 58.0 Å². The largest absolute Gasteiger partial charge is 0.469 e. The van der Waals surface area contributed by atoms with Crippen LogP contribution in [0.1, 0.15) is 51.9 Å². The molecule has 0 aromatic heterocycles. The molecule has 0 aliphatic heterocycles. The molecule has 0 fully saturated rings. The summed E-state index contributed by atoms with van der Waals surface area (Å²) in [5.41, 5.74) is 0. The van der Waals surface area contributed by atoms with Crippen LogP contribution >= 0.6 is 0 Å². The Balaban J connectivity index is 3.64. The van der Waals surface area contributed by atoms with Crippen molar-refractivity contribution in [2.75, 3.05) is 7.11 Å². The zero-order valence-corrected chi connectivity index (χ0v) is 13.7. The third kappa shape index (κ3) is 13.3. The van der Waals surface area contributed by atoms with E-state index < -0.39 is 6.10 Å². The maximum absolute atomic E-state index is 11.6. The molecule has 0 aromatic rings. The molecule has 4 nitrogen and oxygen atoms in total. The van der Waals surface area contributed by atoms with Crippen molar-refractivity contribution in [3.8, 4) is 0 Å². The van der Waals surface area contributed by atoms with E-state index in [1.807, 2.05) is 6.92 Å². The van der Waals surface area contributed by atoms with E-state index in [1.165, 1.54) is 7.11 Å². The Morgan fingerprint density at radius 3 is 2.27 bits per heavy atom. The summed E-state index contributed by atoms with van der Waals surface area (Å²) >= 11 is 0. The second-order valence-corrected chi connectivity index (χ2v) is 5.06. The van der Waals surface area contributed by atoms with Crippen molar-refractivity contribution in [1.29, 1.82) is 0 Å². The SMILES string of the molecule is CCC(O)C=CC=CC=CC(=O)CCCCCCC(=O)OC. The lowest BCUT2D eigenvalue weighted by molar-refractivity contribution is -0.140. The van der Waals surface area contributed by atoms with Crippen LogP contribution in [-0.4, -0.2) is 30.1 Å². The van der Waals surface area contributed by atoms with Crippen molar-refractivity contribution in [2.24, 2.45) is 0 Å². The van der Waals surface area contributed by atoms with Gasteiger partial charge in [0.25, 0.3) is 0 Å². The van der Waals surface area contributed by atoms with Crippen molar-refractivity contribution < 1.29 is 19.4 Å². The van der Waals surface area contributed by atoms with E-state index in [4.69, 9.17) is 0 Å². The summed E-state index contributed by atoms with van der Waals surface area (Å²) in [5, 5.41) is 9.29. The number of rotatable bonds is 12. The number of allylic oxidation sites excluding steroid dienone is 5. The molecule has 0 bridgehead atoms. The number of carbonyl (C=O) groups is 2. The summed E-state index contributed by atoms with van der Waals surface area (Å²) in [6.07, 6.45) is 15.1. The number of carbonyl (C=O) groups excluding carboxylic acids is 2. The Morgan fingerprint density at radius 1 is 1.00 bits per heavy atom. The lowest BCUT2D eigenvalue weighted by Crippen LogP contribution is -1.99. The van der Waals surface area contributed by atoms with E-state index in [0.717, 1.165) is 25.7 Å². The van der Waals surface area contributed by atoms with E-state index in [0.29, 0.717) is 19.3 Å². The van der Waals surface area contributed by atoms with Crippen LogP contribution in [-0.2, 0) is 14.3 Å². The van der Waals surface area contributed by atoms with Gasteiger partial charge < -0.3 is 9.84 Å². The molecule has 0 saturated heterocycles. The molecule has 4 heteroatoms. The molecule has 0 radical (unpaired) electrons. The van der Waals surface area contributed by atoms with Crippen LogP contribution < -0.4 is 0 Å². The number of methoxy groups -OCH3 is 1. The second kappa shape index (κ2) is 14.3. The van der Waals surface area contributed by atoms with Gasteiger partial charge in [0.15, 0.2) is 5.78 Å². The van der Waals surface area contributed by atoms with Gasteiger partial charge in [-0.1, -0.05) is 50.1 Å². The van der Waals surface area contributed by atoms with Gasteiger partial charge in [0, 0.05) is 12.8 Å². The highest BCUT2D eigenvalue weighted by Crippen LogP contribution is 2.06. The monoisotopic (exact) mass is 308 g/mol. The van der Waals surface area contributed by atoms with E-state index in [9.17, 15) is 14.7 Å². The first-order valence-electron chi connectivity index (χ1n) is 7.89. The second-order valence-electron chi connectivity index (χ2n) is 5.06. The minimum Gasteiger partial charge on any atom is -0.469 e. The van der Waals surface area contributed by atoms with Gasteiger partial charge in [0.05, 0.1) is 13.2 Å². The Hall–Kier alpha value is -1.68. The van der Waals surface area contributed by atoms with Gasteiger partial charge in [-0.2, -0.15) is 0 Å². The highest BCUT2D eigenvalue weighted by Gasteiger charge is 2.00. The molecule has 0 spiro atoms. The van der Waals surface area contributed by atoms with Crippen LogP contribution in [0.2, 0.25) is 0 Å². The fraction of sp³-hybridized carbons (Fsp3) is 0.556. The first-order chi connectivity index (χ1) is 10.6. The van der Waals surface area contributed by atoms with Gasteiger partial charge in [-0.25, -0.2) is 0 Å². The molecular formula is C18H28O4. The predicted octanol–water partition coefficient (Wildman–Crippen LogP) is 3.51. The fourth-order valence-electron chi connectivity index (χ4n) is 1.73. The van der Waals surface area contributed by atoms with E-state index in [2.05, 4.69) is 4.74 Å². The molecule has 0 aliphatic carbocycles. The number of aliphatic hydroxyl groups excluding tert-OH is 1. The van der Waals surface area contributed by atoms with E-state index >= 15 is 0 Å². The van der Waals surface area contributed by atoms with E-state index in [1.54, 1.807) is 36.5 Å². The molecule has 0 amide bonds. The van der Waals surface area contributed by atoms with Gasteiger partial charge >= 0.3 is 5.97 Å². The lowest BCUT2D eigenvalue weighted by Gasteiger charge is -1.99. The lowest BCUT2D eigenvalue weighted by atomic mass is 10.1. The number of ketones is 1. The topological polar surface area (TPSA) is 63.6 Å². The summed E-state index contributed by atoms with van der Waals surface area (Å²) in [5.74, 6) is -0.0681. The van der Waals surface area contributed by atoms with E-state index in [-0.39, 0.29) is 11.8 Å².